The first-order valence-electron chi connectivity index (χ1n) is 9.60. The van der Waals surface area contributed by atoms with E-state index in [-0.39, 0.29) is 11.3 Å². The van der Waals surface area contributed by atoms with Crippen LogP contribution in [0.3, 0.4) is 0 Å². The average molecular weight is 366 g/mol. The lowest BCUT2D eigenvalue weighted by molar-refractivity contribution is -0.138. The summed E-state index contributed by atoms with van der Waals surface area (Å²) in [5, 5.41) is 0. The minimum absolute atomic E-state index is 0.138. The van der Waals surface area contributed by atoms with E-state index in [1.165, 1.54) is 5.56 Å². The maximum Gasteiger partial charge on any atom is 0.222 e. The van der Waals surface area contributed by atoms with Gasteiger partial charge in [0.25, 0.3) is 0 Å². The molecule has 1 aromatic heterocycles. The van der Waals surface area contributed by atoms with Crippen LogP contribution >= 0.6 is 0 Å². The average Bonchev–Trinajstić information content (AvgIpc) is 2.72. The lowest BCUT2D eigenvalue weighted by Gasteiger charge is -2.48. The van der Waals surface area contributed by atoms with Crippen molar-refractivity contribution in [3.63, 3.8) is 0 Å². The number of carbonyl (C=O) groups excluding carboxylic acids is 1. The summed E-state index contributed by atoms with van der Waals surface area (Å²) in [7, 11) is 1.62. The maximum absolute atomic E-state index is 12.5. The number of likely N-dealkylation sites (tertiary alicyclic amines) is 1. The van der Waals surface area contributed by atoms with Gasteiger partial charge in [-0.2, -0.15) is 0 Å². The van der Waals surface area contributed by atoms with E-state index < -0.39 is 0 Å². The Bertz CT molecular complexity index is 798. The lowest BCUT2D eigenvalue weighted by atomic mass is 9.73. The van der Waals surface area contributed by atoms with E-state index in [0.717, 1.165) is 44.7 Å². The highest BCUT2D eigenvalue weighted by atomic mass is 16.5. The fourth-order valence-corrected chi connectivity index (χ4v) is 4.40. The monoisotopic (exact) mass is 366 g/mol. The van der Waals surface area contributed by atoms with Gasteiger partial charge in [0.1, 0.15) is 12.1 Å². The highest BCUT2D eigenvalue weighted by Crippen LogP contribution is 2.40. The van der Waals surface area contributed by atoms with Crippen LogP contribution in [0, 0.1) is 5.41 Å². The fourth-order valence-electron chi connectivity index (χ4n) is 4.40. The van der Waals surface area contributed by atoms with Crippen molar-refractivity contribution >= 4 is 11.7 Å². The highest BCUT2D eigenvalue weighted by Gasteiger charge is 2.42. The van der Waals surface area contributed by atoms with Gasteiger partial charge < -0.3 is 14.5 Å². The molecular formula is C21H26N4O2. The van der Waals surface area contributed by atoms with Gasteiger partial charge in [-0.15, -0.1) is 0 Å². The molecule has 2 aromatic rings. The van der Waals surface area contributed by atoms with Gasteiger partial charge in [-0.25, -0.2) is 9.97 Å². The molecule has 2 fully saturated rings. The first kappa shape index (κ1) is 17.8. The third kappa shape index (κ3) is 3.89. The highest BCUT2D eigenvalue weighted by molar-refractivity contribution is 5.77. The predicted molar refractivity (Wildman–Crippen MR) is 104 cm³/mol. The number of amides is 1. The predicted octanol–water partition coefficient (Wildman–Crippen LogP) is 2.89. The number of methoxy groups -OCH3 is 1. The largest absolute Gasteiger partial charge is 0.481 e. The molecule has 142 valence electrons. The third-order valence-electron chi connectivity index (χ3n) is 5.79. The van der Waals surface area contributed by atoms with E-state index >= 15 is 0 Å². The second-order valence-electron chi connectivity index (χ2n) is 7.68. The van der Waals surface area contributed by atoms with Crippen LogP contribution in [-0.4, -0.2) is 47.5 Å². The number of ether oxygens (including phenoxy) is 1. The summed E-state index contributed by atoms with van der Waals surface area (Å²) in [6.45, 7) is 3.42. The van der Waals surface area contributed by atoms with Gasteiger partial charge in [0.15, 0.2) is 0 Å². The molecule has 0 aliphatic carbocycles. The summed E-state index contributed by atoms with van der Waals surface area (Å²) in [6.07, 6.45) is 5.41. The van der Waals surface area contributed by atoms with Crippen LogP contribution in [0.5, 0.6) is 5.88 Å². The molecule has 3 heterocycles. The summed E-state index contributed by atoms with van der Waals surface area (Å²) in [4.78, 5) is 25.5. The van der Waals surface area contributed by atoms with Crippen molar-refractivity contribution in [2.75, 3.05) is 31.6 Å². The van der Waals surface area contributed by atoms with E-state index in [1.54, 1.807) is 13.4 Å². The zero-order valence-corrected chi connectivity index (χ0v) is 15.8. The van der Waals surface area contributed by atoms with Crippen molar-refractivity contribution in [2.45, 2.75) is 32.2 Å². The molecule has 1 unspecified atom stereocenters. The Hall–Kier alpha value is -2.63. The Balaban J connectivity index is 1.50. The number of carbonyl (C=O) groups is 1. The number of nitrogens with zero attached hydrogens (tertiary/aromatic N) is 4. The third-order valence-corrected chi connectivity index (χ3v) is 5.79. The number of benzene rings is 1. The number of rotatable bonds is 4. The van der Waals surface area contributed by atoms with Gasteiger partial charge in [0.05, 0.1) is 7.11 Å². The van der Waals surface area contributed by atoms with Gasteiger partial charge in [-0.1, -0.05) is 30.3 Å². The first-order chi connectivity index (χ1) is 13.2. The van der Waals surface area contributed by atoms with Gasteiger partial charge in [0.2, 0.25) is 11.8 Å². The fraction of sp³-hybridized carbons (Fsp3) is 0.476. The van der Waals surface area contributed by atoms with Crippen LogP contribution in [0.15, 0.2) is 42.7 Å². The van der Waals surface area contributed by atoms with Gasteiger partial charge >= 0.3 is 0 Å². The van der Waals surface area contributed by atoms with Crippen molar-refractivity contribution in [1.29, 1.82) is 0 Å². The SMILES string of the molecule is COc1cc(N2CCCC3(CCC(=O)N(Cc4ccccc4)C3)C2)ncn1. The second-order valence-corrected chi connectivity index (χ2v) is 7.68. The molecule has 2 saturated heterocycles. The van der Waals surface area contributed by atoms with Crippen LogP contribution in [-0.2, 0) is 11.3 Å². The molecule has 0 saturated carbocycles. The molecule has 0 radical (unpaired) electrons. The van der Waals surface area contributed by atoms with Crippen LogP contribution in [0.4, 0.5) is 5.82 Å². The molecule has 6 heteroatoms. The summed E-state index contributed by atoms with van der Waals surface area (Å²) >= 11 is 0. The van der Waals surface area contributed by atoms with Crippen LogP contribution < -0.4 is 9.64 Å². The number of hydrogen-bond acceptors (Lipinski definition) is 5. The number of anilines is 1. The van der Waals surface area contributed by atoms with Crippen molar-refractivity contribution in [1.82, 2.24) is 14.9 Å². The Kier molecular flexibility index (Phi) is 4.97. The number of piperidine rings is 2. The zero-order chi connectivity index (χ0) is 18.7. The molecule has 0 N–H and O–H groups in total. The standard InChI is InChI=1S/C21H26N4O2/c1-27-19-12-18(22-16-23-19)24-11-5-9-21(14-24)10-8-20(26)25(15-21)13-17-6-3-2-4-7-17/h2-4,6-7,12,16H,5,8-11,13-15H2,1H3. The summed E-state index contributed by atoms with van der Waals surface area (Å²) in [5.41, 5.74) is 1.33. The minimum Gasteiger partial charge on any atom is -0.481 e. The Morgan fingerprint density at radius 3 is 2.81 bits per heavy atom. The maximum atomic E-state index is 12.5. The topological polar surface area (TPSA) is 58.6 Å². The minimum atomic E-state index is 0.138. The molecule has 4 rings (SSSR count). The Morgan fingerprint density at radius 2 is 2.00 bits per heavy atom. The summed E-state index contributed by atoms with van der Waals surface area (Å²) in [6, 6.07) is 12.2. The van der Waals surface area contributed by atoms with E-state index in [0.29, 0.717) is 18.8 Å². The molecule has 2 aliphatic heterocycles. The van der Waals surface area contributed by atoms with Crippen LogP contribution in [0.25, 0.3) is 0 Å². The molecule has 1 aromatic carbocycles. The van der Waals surface area contributed by atoms with Crippen LogP contribution in [0.2, 0.25) is 0 Å². The zero-order valence-electron chi connectivity index (χ0n) is 15.8. The quantitative estimate of drug-likeness (QED) is 0.833. The molecular weight excluding hydrogens is 340 g/mol. The van der Waals surface area contributed by atoms with Gasteiger partial charge in [0, 0.05) is 44.1 Å². The normalized spacial score (nSPS) is 22.9. The smallest absolute Gasteiger partial charge is 0.222 e. The molecule has 27 heavy (non-hydrogen) atoms. The summed E-state index contributed by atoms with van der Waals surface area (Å²) in [5.74, 6) is 1.77. The number of aromatic nitrogens is 2. The molecule has 1 amide bonds. The Morgan fingerprint density at radius 1 is 1.15 bits per heavy atom. The van der Waals surface area contributed by atoms with Gasteiger partial charge in [-0.3, -0.25) is 4.79 Å². The molecule has 0 bridgehead atoms. The van der Waals surface area contributed by atoms with Crippen molar-refractivity contribution in [3.05, 3.63) is 48.3 Å². The molecule has 1 spiro atoms. The lowest BCUT2D eigenvalue weighted by Crippen LogP contribution is -2.54. The van der Waals surface area contributed by atoms with E-state index in [9.17, 15) is 4.79 Å². The van der Waals surface area contributed by atoms with E-state index in [2.05, 4.69) is 27.0 Å². The second kappa shape index (κ2) is 7.55. The van der Waals surface area contributed by atoms with E-state index in [4.69, 9.17) is 4.74 Å². The first-order valence-corrected chi connectivity index (χ1v) is 9.60. The molecule has 2 aliphatic rings. The molecule has 6 nitrogen and oxygen atoms in total. The van der Waals surface area contributed by atoms with Gasteiger partial charge in [-0.05, 0) is 24.8 Å². The summed E-state index contributed by atoms with van der Waals surface area (Å²) < 4.78 is 5.25. The number of hydrogen-bond donors (Lipinski definition) is 0. The van der Waals surface area contributed by atoms with Crippen LogP contribution in [0.1, 0.15) is 31.2 Å². The van der Waals surface area contributed by atoms with Crippen molar-refractivity contribution in [2.24, 2.45) is 5.41 Å². The van der Waals surface area contributed by atoms with E-state index in [1.807, 2.05) is 29.2 Å². The Labute approximate surface area is 160 Å². The molecule has 1 atom stereocenters. The van der Waals surface area contributed by atoms with Crippen molar-refractivity contribution in [3.8, 4) is 5.88 Å². The van der Waals surface area contributed by atoms with Crippen molar-refractivity contribution < 1.29 is 9.53 Å².